The number of esters is 1. The lowest BCUT2D eigenvalue weighted by Gasteiger charge is -2.57. The van der Waals surface area contributed by atoms with E-state index in [1.165, 1.54) is 69.8 Å². The number of carbonyl (C=O) groups excluding carboxylic acids is 1. The fourth-order valence-electron chi connectivity index (χ4n) is 9.43. The Hall–Kier alpha value is -1.49. The third-order valence-electron chi connectivity index (χ3n) is 11.4. The van der Waals surface area contributed by atoms with Crippen molar-refractivity contribution in [1.29, 1.82) is 0 Å². The molecule has 4 fully saturated rings. The van der Waals surface area contributed by atoms with Crippen molar-refractivity contribution in [2.45, 2.75) is 122 Å². The first kappa shape index (κ1) is 25.2. The second-order valence-electron chi connectivity index (χ2n) is 12.7. The highest BCUT2D eigenvalue weighted by Crippen LogP contribution is 2.68. The molecule has 4 saturated carbocycles. The summed E-state index contributed by atoms with van der Waals surface area (Å²) in [5, 5.41) is 0. The van der Waals surface area contributed by atoms with E-state index < -0.39 is 5.60 Å². The minimum Gasteiger partial charge on any atom is -0.445 e. The van der Waals surface area contributed by atoms with Crippen LogP contribution in [-0.4, -0.2) is 11.6 Å². The quantitative estimate of drug-likeness (QED) is 0.152. The first-order valence-electron chi connectivity index (χ1n) is 15.1. The Balaban J connectivity index is 1.41. The number of ether oxygens (including phenoxy) is 1. The standard InChI is InChI=1S/C33H48O2/c1-5-8-9-17-27(24-14-12-15-24)31(34)35-33(7-3)21-20-29-28-19-18-25-13-10-11-16-26(25)30(28)23(4)22-32(29,33)6-2/h3,13,24,26-30H,4-6,8-12,14-22H2,1-2H3/t26-,27?,28-,29-,30+,32-,33-/m0/s1. The van der Waals surface area contributed by atoms with Crippen molar-refractivity contribution < 1.29 is 9.53 Å². The Bertz CT molecular complexity index is 887. The van der Waals surface area contributed by atoms with Crippen LogP contribution in [-0.2, 0) is 9.53 Å². The van der Waals surface area contributed by atoms with Gasteiger partial charge < -0.3 is 4.74 Å². The Kier molecular flexibility index (Phi) is 7.27. The molecule has 5 aliphatic carbocycles. The molecular formula is C33H48O2. The van der Waals surface area contributed by atoms with E-state index in [2.05, 4.69) is 25.8 Å². The van der Waals surface area contributed by atoms with Gasteiger partial charge in [-0.1, -0.05) is 69.3 Å². The molecule has 0 heterocycles. The second kappa shape index (κ2) is 10.1. The summed E-state index contributed by atoms with van der Waals surface area (Å²) in [6.45, 7) is 9.25. The number of terminal acetylenes is 1. The number of allylic oxidation sites excluding steroid dienone is 3. The van der Waals surface area contributed by atoms with Gasteiger partial charge in [0, 0.05) is 5.41 Å². The van der Waals surface area contributed by atoms with Gasteiger partial charge in [-0.25, -0.2) is 0 Å². The smallest absolute Gasteiger partial charge is 0.310 e. The van der Waals surface area contributed by atoms with Crippen molar-refractivity contribution >= 4 is 5.97 Å². The Morgan fingerprint density at radius 1 is 1.20 bits per heavy atom. The molecule has 35 heavy (non-hydrogen) atoms. The summed E-state index contributed by atoms with van der Waals surface area (Å²) >= 11 is 0. The molecular weight excluding hydrogens is 428 g/mol. The summed E-state index contributed by atoms with van der Waals surface area (Å²) in [6, 6.07) is 0. The van der Waals surface area contributed by atoms with Crippen molar-refractivity contribution in [3.63, 3.8) is 0 Å². The molecule has 0 saturated heterocycles. The van der Waals surface area contributed by atoms with Crippen molar-refractivity contribution in [2.24, 2.45) is 40.9 Å². The van der Waals surface area contributed by atoms with E-state index in [0.717, 1.165) is 38.5 Å². The van der Waals surface area contributed by atoms with Crippen LogP contribution in [0.25, 0.3) is 0 Å². The molecule has 2 nitrogen and oxygen atoms in total. The lowest BCUT2D eigenvalue weighted by atomic mass is 9.48. The van der Waals surface area contributed by atoms with Crippen molar-refractivity contribution in [1.82, 2.24) is 0 Å². The van der Waals surface area contributed by atoms with Crippen LogP contribution in [0, 0.1) is 53.3 Å². The van der Waals surface area contributed by atoms with Crippen LogP contribution in [0.4, 0.5) is 0 Å². The summed E-state index contributed by atoms with van der Waals surface area (Å²) in [4.78, 5) is 13.8. The number of carbonyl (C=O) groups is 1. The van der Waals surface area contributed by atoms with E-state index in [0.29, 0.717) is 29.6 Å². The van der Waals surface area contributed by atoms with Gasteiger partial charge in [-0.15, -0.1) is 6.42 Å². The van der Waals surface area contributed by atoms with Gasteiger partial charge >= 0.3 is 5.97 Å². The summed E-state index contributed by atoms with van der Waals surface area (Å²) in [6.07, 6.45) is 27.3. The lowest BCUT2D eigenvalue weighted by molar-refractivity contribution is -0.178. The molecule has 0 N–H and O–H groups in total. The molecule has 7 atom stereocenters. The van der Waals surface area contributed by atoms with Gasteiger partial charge in [-0.3, -0.25) is 4.79 Å². The fourth-order valence-corrected chi connectivity index (χ4v) is 9.43. The van der Waals surface area contributed by atoms with Crippen LogP contribution in [0.3, 0.4) is 0 Å². The minimum atomic E-state index is -0.757. The van der Waals surface area contributed by atoms with E-state index in [1.807, 2.05) is 0 Å². The number of fused-ring (bicyclic) bond motifs is 5. The van der Waals surface area contributed by atoms with E-state index in [4.69, 9.17) is 17.7 Å². The maximum absolute atomic E-state index is 13.8. The van der Waals surface area contributed by atoms with Gasteiger partial charge in [-0.05, 0) is 107 Å². The highest BCUT2D eigenvalue weighted by atomic mass is 16.6. The van der Waals surface area contributed by atoms with E-state index in [1.54, 1.807) is 5.57 Å². The normalized spacial score (nSPS) is 39.3. The molecule has 0 spiro atoms. The van der Waals surface area contributed by atoms with Gasteiger partial charge in [0.2, 0.25) is 0 Å². The topological polar surface area (TPSA) is 26.3 Å². The lowest BCUT2D eigenvalue weighted by Crippen LogP contribution is -2.56. The van der Waals surface area contributed by atoms with Crippen LogP contribution >= 0.6 is 0 Å². The van der Waals surface area contributed by atoms with Crippen LogP contribution in [0.1, 0.15) is 117 Å². The molecule has 192 valence electrons. The second-order valence-corrected chi connectivity index (χ2v) is 12.7. The first-order valence-corrected chi connectivity index (χ1v) is 15.1. The van der Waals surface area contributed by atoms with Gasteiger partial charge in [0.25, 0.3) is 0 Å². The third-order valence-corrected chi connectivity index (χ3v) is 11.4. The predicted octanol–water partition coefficient (Wildman–Crippen LogP) is 8.42. The maximum atomic E-state index is 13.8. The number of hydrogen-bond donors (Lipinski definition) is 0. The first-order chi connectivity index (χ1) is 17.0. The molecule has 1 unspecified atom stereocenters. The predicted molar refractivity (Wildman–Crippen MR) is 143 cm³/mol. The molecule has 0 radical (unpaired) electrons. The summed E-state index contributed by atoms with van der Waals surface area (Å²) in [7, 11) is 0. The highest BCUT2D eigenvalue weighted by molar-refractivity contribution is 5.74. The van der Waals surface area contributed by atoms with Gasteiger partial charge in [-0.2, -0.15) is 0 Å². The molecule has 0 aromatic carbocycles. The van der Waals surface area contributed by atoms with Crippen LogP contribution in [0.2, 0.25) is 0 Å². The zero-order valence-electron chi connectivity index (χ0n) is 22.5. The summed E-state index contributed by atoms with van der Waals surface area (Å²) in [5.74, 6) is 6.26. The van der Waals surface area contributed by atoms with E-state index in [-0.39, 0.29) is 17.3 Å². The van der Waals surface area contributed by atoms with Crippen molar-refractivity contribution in [3.8, 4) is 12.3 Å². The number of rotatable bonds is 8. The van der Waals surface area contributed by atoms with Crippen LogP contribution in [0.15, 0.2) is 23.8 Å². The molecule has 0 aromatic heterocycles. The monoisotopic (exact) mass is 476 g/mol. The molecule has 0 bridgehead atoms. The zero-order chi connectivity index (χ0) is 24.6. The van der Waals surface area contributed by atoms with Crippen LogP contribution in [0.5, 0.6) is 0 Å². The van der Waals surface area contributed by atoms with Gasteiger partial charge in [0.1, 0.15) is 0 Å². The average molecular weight is 477 g/mol. The largest absolute Gasteiger partial charge is 0.445 e. The average Bonchev–Trinajstić information content (AvgIpc) is 3.16. The number of unbranched alkanes of at least 4 members (excludes halogenated alkanes) is 2. The minimum absolute atomic E-state index is 0.0195. The zero-order valence-corrected chi connectivity index (χ0v) is 22.5. The third kappa shape index (κ3) is 4.04. The Morgan fingerprint density at radius 2 is 2.03 bits per heavy atom. The Labute approximate surface area is 214 Å². The van der Waals surface area contributed by atoms with Gasteiger partial charge in [0.05, 0.1) is 5.92 Å². The van der Waals surface area contributed by atoms with Crippen LogP contribution < -0.4 is 0 Å². The molecule has 0 amide bonds. The fraction of sp³-hybridized carbons (Fsp3) is 0.788. The van der Waals surface area contributed by atoms with Crippen molar-refractivity contribution in [3.05, 3.63) is 23.8 Å². The SMILES string of the molecule is C#C[C@]1(OC(=O)C(CCCCC)C2CCC2)CC[C@H]2[C@@H]3CCC4=CCCC[C@@H]4[C@H]3C(=C)C[C@@]21CC. The Morgan fingerprint density at radius 3 is 2.71 bits per heavy atom. The molecule has 0 aromatic rings. The summed E-state index contributed by atoms with van der Waals surface area (Å²) in [5.41, 5.74) is 2.22. The van der Waals surface area contributed by atoms with E-state index >= 15 is 0 Å². The van der Waals surface area contributed by atoms with Gasteiger partial charge in [0.15, 0.2) is 5.60 Å². The maximum Gasteiger partial charge on any atom is 0.310 e. The van der Waals surface area contributed by atoms with E-state index in [9.17, 15) is 4.79 Å². The molecule has 0 aliphatic heterocycles. The number of hydrogen-bond acceptors (Lipinski definition) is 2. The molecule has 2 heteroatoms. The molecule has 5 aliphatic rings. The van der Waals surface area contributed by atoms with Crippen molar-refractivity contribution in [2.75, 3.05) is 0 Å². The summed E-state index contributed by atoms with van der Waals surface area (Å²) < 4.78 is 6.67. The highest BCUT2D eigenvalue weighted by Gasteiger charge is 2.66. The molecule has 5 rings (SSSR count).